The van der Waals surface area contributed by atoms with Crippen LogP contribution in [0.2, 0.25) is 0 Å². The number of hydrogen-bond acceptors (Lipinski definition) is 3. The third kappa shape index (κ3) is 4.35. The average Bonchev–Trinajstić information content (AvgIpc) is 3.24. The normalized spacial score (nSPS) is 20.9. The lowest BCUT2D eigenvalue weighted by atomic mass is 9.86. The molecule has 1 aliphatic carbocycles. The van der Waals surface area contributed by atoms with Crippen LogP contribution in [0.5, 0.6) is 0 Å². The van der Waals surface area contributed by atoms with Gasteiger partial charge in [0.1, 0.15) is 11.5 Å². The van der Waals surface area contributed by atoms with Crippen LogP contribution in [0.15, 0.2) is 114 Å². The van der Waals surface area contributed by atoms with Gasteiger partial charge in [-0.2, -0.15) is 0 Å². The molecule has 3 aliphatic rings. The van der Waals surface area contributed by atoms with Crippen LogP contribution < -0.4 is 4.90 Å². The maximum atomic E-state index is 13.7. The van der Waals surface area contributed by atoms with E-state index < -0.39 is 0 Å². The highest BCUT2D eigenvalue weighted by atomic mass is 16.5. The molecule has 0 saturated carbocycles. The van der Waals surface area contributed by atoms with E-state index in [2.05, 4.69) is 54.3 Å². The summed E-state index contributed by atoms with van der Waals surface area (Å²) in [6, 6.07) is 25.0. The van der Waals surface area contributed by atoms with E-state index in [-0.39, 0.29) is 11.7 Å². The Balaban J connectivity index is 1.38. The van der Waals surface area contributed by atoms with Gasteiger partial charge in [0.2, 0.25) is 0 Å². The van der Waals surface area contributed by atoms with Gasteiger partial charge in [0.25, 0.3) is 0 Å². The molecule has 0 aromatic heterocycles. The number of hydrogen-bond donors (Lipinski definition) is 0. The highest BCUT2D eigenvalue weighted by molar-refractivity contribution is 6.16. The number of ether oxygens (including phenoxy) is 1. The Morgan fingerprint density at radius 2 is 1.78 bits per heavy atom. The summed E-state index contributed by atoms with van der Waals surface area (Å²) in [5.41, 5.74) is 8.65. The number of aryl methyl sites for hydroxylation is 1. The Labute approximate surface area is 219 Å². The van der Waals surface area contributed by atoms with E-state index >= 15 is 0 Å². The second-order valence-electron chi connectivity index (χ2n) is 9.94. The van der Waals surface area contributed by atoms with Gasteiger partial charge in [-0.05, 0) is 84.9 Å². The Morgan fingerprint density at radius 3 is 2.62 bits per heavy atom. The Hall–Kier alpha value is -4.11. The van der Waals surface area contributed by atoms with Crippen LogP contribution in [-0.4, -0.2) is 18.9 Å². The predicted molar refractivity (Wildman–Crippen MR) is 151 cm³/mol. The summed E-state index contributed by atoms with van der Waals surface area (Å²) in [7, 11) is 0. The average molecular weight is 486 g/mol. The SMILES string of the molecule is CCN1CCCc2cc(C=CC3=C/C(=C4/C(=O)c5ccccc5C4c4ccccc4)C=C(C)O3)ccc21. The van der Waals surface area contributed by atoms with Gasteiger partial charge in [0.15, 0.2) is 5.78 Å². The summed E-state index contributed by atoms with van der Waals surface area (Å²) in [6.07, 6.45) is 10.4. The largest absolute Gasteiger partial charge is 0.462 e. The fourth-order valence-electron chi connectivity index (χ4n) is 5.88. The van der Waals surface area contributed by atoms with Crippen molar-refractivity contribution < 1.29 is 9.53 Å². The molecule has 2 heterocycles. The Morgan fingerprint density at radius 1 is 0.973 bits per heavy atom. The van der Waals surface area contributed by atoms with Gasteiger partial charge in [-0.3, -0.25) is 4.79 Å². The van der Waals surface area contributed by atoms with Crippen molar-refractivity contribution in [2.45, 2.75) is 32.6 Å². The third-order valence-electron chi connectivity index (χ3n) is 7.57. The van der Waals surface area contributed by atoms with Crippen LogP contribution in [0.25, 0.3) is 6.08 Å². The molecule has 184 valence electrons. The summed E-state index contributed by atoms with van der Waals surface area (Å²) in [5.74, 6) is 1.53. The number of fused-ring (bicyclic) bond motifs is 2. The summed E-state index contributed by atoms with van der Waals surface area (Å²) in [5, 5.41) is 0. The first kappa shape index (κ1) is 23.3. The molecular formula is C34H31NO2. The van der Waals surface area contributed by atoms with Gasteiger partial charge in [0.05, 0.1) is 0 Å². The van der Waals surface area contributed by atoms with Crippen LogP contribution >= 0.6 is 0 Å². The van der Waals surface area contributed by atoms with Crippen LogP contribution in [0, 0.1) is 0 Å². The maximum absolute atomic E-state index is 13.7. The van der Waals surface area contributed by atoms with Crippen molar-refractivity contribution in [2.24, 2.45) is 0 Å². The molecule has 0 spiro atoms. The van der Waals surface area contributed by atoms with Crippen LogP contribution in [0.1, 0.15) is 58.8 Å². The first-order chi connectivity index (χ1) is 18.1. The van der Waals surface area contributed by atoms with E-state index in [0.29, 0.717) is 0 Å². The first-order valence-electron chi connectivity index (χ1n) is 13.2. The van der Waals surface area contributed by atoms with E-state index in [1.165, 1.54) is 17.7 Å². The Bertz CT molecular complexity index is 1490. The molecule has 0 saturated heterocycles. The minimum absolute atomic E-state index is 0.0920. The molecule has 37 heavy (non-hydrogen) atoms. The van der Waals surface area contributed by atoms with Gasteiger partial charge in [-0.25, -0.2) is 0 Å². The number of allylic oxidation sites excluding steroid dienone is 6. The van der Waals surface area contributed by atoms with Crippen molar-refractivity contribution in [3.05, 3.63) is 142 Å². The van der Waals surface area contributed by atoms with Gasteiger partial charge >= 0.3 is 0 Å². The van der Waals surface area contributed by atoms with Crippen molar-refractivity contribution >= 4 is 17.5 Å². The highest BCUT2D eigenvalue weighted by Gasteiger charge is 2.37. The zero-order valence-corrected chi connectivity index (χ0v) is 21.4. The predicted octanol–water partition coefficient (Wildman–Crippen LogP) is 7.62. The van der Waals surface area contributed by atoms with Crippen LogP contribution in [-0.2, 0) is 11.2 Å². The molecule has 3 heteroatoms. The quantitative estimate of drug-likeness (QED) is 0.356. The third-order valence-corrected chi connectivity index (χ3v) is 7.57. The summed E-state index contributed by atoms with van der Waals surface area (Å²) >= 11 is 0. The second kappa shape index (κ2) is 9.74. The molecule has 0 N–H and O–H groups in total. The van der Waals surface area contributed by atoms with E-state index in [0.717, 1.165) is 64.4 Å². The fraction of sp³-hybridized carbons (Fsp3) is 0.206. The second-order valence-corrected chi connectivity index (χ2v) is 9.94. The lowest BCUT2D eigenvalue weighted by Gasteiger charge is -2.30. The van der Waals surface area contributed by atoms with Crippen molar-refractivity contribution in [3.8, 4) is 0 Å². The Kier molecular flexibility index (Phi) is 6.13. The lowest BCUT2D eigenvalue weighted by molar-refractivity contribution is 0.103. The standard InChI is InChI=1S/C34H31NO2/c1-3-35-19-9-12-26-21-24(16-18-31(26)35)15-17-28-22-27(20-23(2)37-28)33-32(25-10-5-4-6-11-25)29-13-7-8-14-30(29)34(33)36/h4-8,10-11,13-18,20-22,32H,3,9,12,19H2,1-2H3/b17-15?,33-27+. The number of rotatable bonds is 4. The fourth-order valence-corrected chi connectivity index (χ4v) is 5.88. The highest BCUT2D eigenvalue weighted by Crippen LogP contribution is 2.44. The molecule has 2 aliphatic heterocycles. The molecule has 0 radical (unpaired) electrons. The van der Waals surface area contributed by atoms with Gasteiger partial charge in [-0.1, -0.05) is 66.7 Å². The van der Waals surface area contributed by atoms with Crippen molar-refractivity contribution in [3.63, 3.8) is 0 Å². The zero-order valence-electron chi connectivity index (χ0n) is 21.4. The van der Waals surface area contributed by atoms with Crippen molar-refractivity contribution in [1.82, 2.24) is 0 Å². The molecule has 3 aromatic carbocycles. The zero-order chi connectivity index (χ0) is 25.4. The molecular weight excluding hydrogens is 454 g/mol. The molecule has 6 rings (SSSR count). The maximum Gasteiger partial charge on any atom is 0.190 e. The summed E-state index contributed by atoms with van der Waals surface area (Å²) in [6.45, 7) is 6.34. The molecule has 3 aromatic rings. The molecule has 1 unspecified atom stereocenters. The van der Waals surface area contributed by atoms with Gasteiger partial charge in [0, 0.05) is 35.8 Å². The van der Waals surface area contributed by atoms with E-state index in [1.54, 1.807) is 0 Å². The molecule has 3 nitrogen and oxygen atoms in total. The van der Waals surface area contributed by atoms with Crippen molar-refractivity contribution in [2.75, 3.05) is 18.0 Å². The monoisotopic (exact) mass is 485 g/mol. The number of carbonyl (C=O) groups excluding carboxylic acids is 1. The topological polar surface area (TPSA) is 29.5 Å². The van der Waals surface area contributed by atoms with E-state index in [1.807, 2.05) is 61.5 Å². The lowest BCUT2D eigenvalue weighted by Crippen LogP contribution is -2.28. The summed E-state index contributed by atoms with van der Waals surface area (Å²) < 4.78 is 6.08. The number of benzene rings is 3. The van der Waals surface area contributed by atoms with E-state index in [9.17, 15) is 4.79 Å². The summed E-state index contributed by atoms with van der Waals surface area (Å²) in [4.78, 5) is 16.1. The number of Topliss-reactive ketones (excluding diaryl/α,β-unsaturated/α-hetero) is 1. The smallest absolute Gasteiger partial charge is 0.190 e. The molecule has 0 amide bonds. The molecule has 1 atom stereocenters. The van der Waals surface area contributed by atoms with Crippen molar-refractivity contribution in [1.29, 1.82) is 0 Å². The van der Waals surface area contributed by atoms with Gasteiger partial charge < -0.3 is 9.64 Å². The number of nitrogens with zero attached hydrogens (tertiary/aromatic N) is 1. The first-order valence-corrected chi connectivity index (χ1v) is 13.2. The number of anilines is 1. The van der Waals surface area contributed by atoms with Crippen LogP contribution in [0.3, 0.4) is 0 Å². The molecule has 0 bridgehead atoms. The molecule has 0 fully saturated rings. The number of ketones is 1. The van der Waals surface area contributed by atoms with Gasteiger partial charge in [-0.15, -0.1) is 0 Å². The minimum atomic E-state index is -0.0920. The minimum Gasteiger partial charge on any atom is -0.462 e. The van der Waals surface area contributed by atoms with E-state index in [4.69, 9.17) is 4.74 Å². The number of carbonyl (C=O) groups is 1. The van der Waals surface area contributed by atoms with Crippen LogP contribution in [0.4, 0.5) is 5.69 Å².